The Morgan fingerprint density at radius 3 is 2.29 bits per heavy atom. The van der Waals surface area contributed by atoms with Crippen molar-refractivity contribution < 1.29 is 0 Å². The van der Waals surface area contributed by atoms with Gasteiger partial charge < -0.3 is 5.73 Å². The summed E-state index contributed by atoms with van der Waals surface area (Å²) in [6, 6.07) is -0.0880. The smallest absolute Gasteiger partial charge is 0.0803 e. The third-order valence-electron chi connectivity index (χ3n) is 0.633. The highest BCUT2D eigenvalue weighted by Crippen LogP contribution is 1.96. The zero-order valence-electron chi connectivity index (χ0n) is 4.56. The highest BCUT2D eigenvalue weighted by Gasteiger charge is 1.97. The molecule has 1 atom stereocenters. The predicted molar refractivity (Wildman–Crippen MR) is 34.9 cm³/mol. The Morgan fingerprint density at radius 2 is 2.29 bits per heavy atom. The predicted octanol–water partition coefficient (Wildman–Crippen LogP) is 0.674. The molecular formula is C4H10N2S. The lowest BCUT2D eigenvalue weighted by Crippen LogP contribution is -2.22. The van der Waals surface area contributed by atoms with Crippen molar-refractivity contribution in [3.05, 3.63) is 0 Å². The van der Waals surface area contributed by atoms with Gasteiger partial charge in [0.2, 0.25) is 0 Å². The van der Waals surface area contributed by atoms with Gasteiger partial charge in [0.25, 0.3) is 0 Å². The van der Waals surface area contributed by atoms with Crippen LogP contribution in [-0.4, -0.2) is 17.3 Å². The van der Waals surface area contributed by atoms with E-state index in [1.165, 1.54) is 11.8 Å². The second-order valence-electron chi connectivity index (χ2n) is 1.36. The number of hydrogen-bond donors (Lipinski definition) is 2. The monoisotopic (exact) mass is 118 g/mol. The molecule has 0 spiro atoms. The molecule has 0 heterocycles. The van der Waals surface area contributed by atoms with Crippen LogP contribution in [0.25, 0.3) is 0 Å². The van der Waals surface area contributed by atoms with Gasteiger partial charge in [0, 0.05) is 6.04 Å². The summed E-state index contributed by atoms with van der Waals surface area (Å²) in [7, 11) is 0. The molecule has 0 unspecified atom stereocenters. The van der Waals surface area contributed by atoms with Crippen molar-refractivity contribution in [2.24, 2.45) is 5.73 Å². The molecule has 0 radical (unpaired) electrons. The fourth-order valence-corrected chi connectivity index (χ4v) is 0.558. The highest BCUT2D eigenvalue weighted by atomic mass is 32.2. The first-order chi connectivity index (χ1) is 3.18. The number of thioether (sulfide) groups is 1. The average molecular weight is 118 g/mol. The molecule has 0 aromatic rings. The summed E-state index contributed by atoms with van der Waals surface area (Å²) in [5.41, 5.74) is 5.30. The van der Waals surface area contributed by atoms with Crippen LogP contribution in [0, 0.1) is 5.41 Å². The maximum absolute atomic E-state index is 7.03. The Labute approximate surface area is 48.0 Å². The summed E-state index contributed by atoms with van der Waals surface area (Å²) >= 11 is 1.39. The van der Waals surface area contributed by atoms with Gasteiger partial charge in [-0.1, -0.05) is 0 Å². The zero-order valence-corrected chi connectivity index (χ0v) is 5.38. The van der Waals surface area contributed by atoms with Crippen LogP contribution >= 0.6 is 11.8 Å². The first-order valence-electron chi connectivity index (χ1n) is 2.06. The molecule has 0 amide bonds. The summed E-state index contributed by atoms with van der Waals surface area (Å²) in [6.45, 7) is 1.80. The molecule has 0 saturated heterocycles. The molecule has 3 N–H and O–H groups in total. The molecule has 0 aromatic heterocycles. The Bertz CT molecular complexity index is 70.1. The van der Waals surface area contributed by atoms with Crippen LogP contribution in [0.3, 0.4) is 0 Å². The standard InChI is InChI=1S/C4H10N2S/c1-3(5)4(6)7-2/h3,6H,5H2,1-2H3/t3-/m0/s1. The second kappa shape index (κ2) is 3.04. The van der Waals surface area contributed by atoms with Crippen LogP contribution in [0.1, 0.15) is 6.92 Å². The zero-order chi connectivity index (χ0) is 5.86. The first-order valence-corrected chi connectivity index (χ1v) is 3.29. The fourth-order valence-electron chi connectivity index (χ4n) is 0.186. The molecule has 3 heteroatoms. The van der Waals surface area contributed by atoms with Crippen molar-refractivity contribution >= 4 is 16.8 Å². The van der Waals surface area contributed by atoms with E-state index >= 15 is 0 Å². The Hall–Kier alpha value is -0.0200. The molecule has 2 nitrogen and oxygen atoms in total. The molecule has 0 fully saturated rings. The van der Waals surface area contributed by atoms with E-state index in [0.29, 0.717) is 5.04 Å². The molecule has 0 aromatic carbocycles. The number of nitrogens with two attached hydrogens (primary N) is 1. The van der Waals surface area contributed by atoms with Gasteiger partial charge in [-0.05, 0) is 13.2 Å². The summed E-state index contributed by atoms with van der Waals surface area (Å²) in [4.78, 5) is 0. The summed E-state index contributed by atoms with van der Waals surface area (Å²) in [5.74, 6) is 0. The third-order valence-corrected chi connectivity index (χ3v) is 1.45. The summed E-state index contributed by atoms with van der Waals surface area (Å²) in [6.07, 6.45) is 1.85. The first kappa shape index (κ1) is 6.98. The van der Waals surface area contributed by atoms with Crippen LogP contribution in [-0.2, 0) is 0 Å². The lowest BCUT2D eigenvalue weighted by atomic mass is 10.4. The van der Waals surface area contributed by atoms with Crippen molar-refractivity contribution in [2.75, 3.05) is 6.26 Å². The van der Waals surface area contributed by atoms with Crippen molar-refractivity contribution in [2.45, 2.75) is 13.0 Å². The largest absolute Gasteiger partial charge is 0.322 e. The summed E-state index contributed by atoms with van der Waals surface area (Å²) in [5, 5.41) is 7.57. The Morgan fingerprint density at radius 1 is 1.86 bits per heavy atom. The Balaban J connectivity index is 3.35. The van der Waals surface area contributed by atoms with Gasteiger partial charge >= 0.3 is 0 Å². The number of hydrogen-bond acceptors (Lipinski definition) is 3. The molecular weight excluding hydrogens is 108 g/mol. The van der Waals surface area contributed by atoms with Gasteiger partial charge in [0.1, 0.15) is 0 Å². The molecule has 0 aliphatic carbocycles. The molecule has 0 bridgehead atoms. The molecule has 42 valence electrons. The van der Waals surface area contributed by atoms with Crippen LogP contribution in [0.2, 0.25) is 0 Å². The molecule has 0 aliphatic rings. The van der Waals surface area contributed by atoms with Gasteiger partial charge in [0.15, 0.2) is 0 Å². The minimum atomic E-state index is -0.0880. The van der Waals surface area contributed by atoms with E-state index in [2.05, 4.69) is 0 Å². The Kier molecular flexibility index (Phi) is 3.04. The molecule has 0 saturated carbocycles. The normalized spacial score (nSPS) is 13.6. The van der Waals surface area contributed by atoms with E-state index in [-0.39, 0.29) is 6.04 Å². The van der Waals surface area contributed by atoms with Crippen LogP contribution in [0.4, 0.5) is 0 Å². The van der Waals surface area contributed by atoms with Gasteiger partial charge in [0.05, 0.1) is 5.04 Å². The minimum Gasteiger partial charge on any atom is -0.322 e. The second-order valence-corrected chi connectivity index (χ2v) is 2.21. The molecule has 0 aliphatic heterocycles. The van der Waals surface area contributed by atoms with Gasteiger partial charge in [-0.2, -0.15) is 0 Å². The van der Waals surface area contributed by atoms with E-state index in [1.54, 1.807) is 6.92 Å². The van der Waals surface area contributed by atoms with Crippen molar-refractivity contribution in [3.63, 3.8) is 0 Å². The van der Waals surface area contributed by atoms with Crippen molar-refractivity contribution in [1.29, 1.82) is 5.41 Å². The third kappa shape index (κ3) is 2.65. The minimum absolute atomic E-state index is 0.0880. The average Bonchev–Trinajstić information content (AvgIpc) is 1.65. The summed E-state index contributed by atoms with van der Waals surface area (Å²) < 4.78 is 0. The maximum Gasteiger partial charge on any atom is 0.0803 e. The van der Waals surface area contributed by atoms with Crippen LogP contribution in [0.15, 0.2) is 0 Å². The van der Waals surface area contributed by atoms with E-state index in [1.807, 2.05) is 6.26 Å². The number of rotatable bonds is 1. The van der Waals surface area contributed by atoms with Crippen molar-refractivity contribution in [3.8, 4) is 0 Å². The topological polar surface area (TPSA) is 49.9 Å². The van der Waals surface area contributed by atoms with Gasteiger partial charge in [-0.3, -0.25) is 5.41 Å². The van der Waals surface area contributed by atoms with E-state index < -0.39 is 0 Å². The quantitative estimate of drug-likeness (QED) is 0.393. The maximum atomic E-state index is 7.03. The van der Waals surface area contributed by atoms with E-state index in [4.69, 9.17) is 11.1 Å². The molecule has 0 rings (SSSR count). The molecule has 7 heavy (non-hydrogen) atoms. The van der Waals surface area contributed by atoms with E-state index in [9.17, 15) is 0 Å². The van der Waals surface area contributed by atoms with E-state index in [0.717, 1.165) is 0 Å². The van der Waals surface area contributed by atoms with Crippen molar-refractivity contribution in [1.82, 2.24) is 0 Å². The SMILES string of the molecule is CSC(=N)[C@H](C)N. The van der Waals surface area contributed by atoms with Crippen LogP contribution in [0.5, 0.6) is 0 Å². The highest BCUT2D eigenvalue weighted by molar-refractivity contribution is 8.13. The fraction of sp³-hybridized carbons (Fsp3) is 0.750. The lowest BCUT2D eigenvalue weighted by Gasteiger charge is -2.00. The number of nitrogens with one attached hydrogen (secondary N) is 1. The van der Waals surface area contributed by atoms with Crippen LogP contribution < -0.4 is 5.73 Å². The lowest BCUT2D eigenvalue weighted by molar-refractivity contribution is 0.982. The van der Waals surface area contributed by atoms with Gasteiger partial charge in [-0.25, -0.2) is 0 Å². The van der Waals surface area contributed by atoms with Gasteiger partial charge in [-0.15, -0.1) is 11.8 Å².